The van der Waals surface area contributed by atoms with Crippen LogP contribution in [0.25, 0.3) is 0 Å². The van der Waals surface area contributed by atoms with Gasteiger partial charge in [-0.05, 0) is 103 Å². The first-order valence-corrected chi connectivity index (χ1v) is 12.2. The fourth-order valence-electron chi connectivity index (χ4n) is 5.51. The van der Waals surface area contributed by atoms with E-state index in [1.807, 2.05) is 52.0 Å². The smallest absolute Gasteiger partial charge is 0.258 e. The van der Waals surface area contributed by atoms with Crippen molar-refractivity contribution in [1.29, 1.82) is 0 Å². The molecule has 38 heavy (non-hydrogen) atoms. The van der Waals surface area contributed by atoms with E-state index in [9.17, 15) is 23.6 Å². The molecule has 2 aliphatic heterocycles. The minimum Gasteiger partial charge on any atom is -0.269 e. The van der Waals surface area contributed by atoms with E-state index in [1.165, 1.54) is 36.4 Å². The lowest BCUT2D eigenvalue weighted by Gasteiger charge is -2.28. The van der Waals surface area contributed by atoms with Crippen LogP contribution < -0.4 is 9.80 Å². The van der Waals surface area contributed by atoms with Gasteiger partial charge in [0.15, 0.2) is 0 Å². The molecule has 190 valence electrons. The molecule has 0 aromatic heterocycles. The Morgan fingerprint density at radius 2 is 0.868 bits per heavy atom. The summed E-state index contributed by atoms with van der Waals surface area (Å²) in [4.78, 5) is 51.5. The van der Waals surface area contributed by atoms with E-state index in [2.05, 4.69) is 0 Å². The Hall–Kier alpha value is -4.65. The third kappa shape index (κ3) is 4.16. The number of benzene rings is 3. The van der Waals surface area contributed by atoms with E-state index in [0.717, 1.165) is 48.7 Å². The van der Waals surface area contributed by atoms with Gasteiger partial charge in [0.1, 0.15) is 5.82 Å². The van der Waals surface area contributed by atoms with E-state index in [0.29, 0.717) is 11.4 Å². The summed E-state index contributed by atoms with van der Waals surface area (Å²) in [6.45, 7) is 7.69. The molecule has 0 atom stereocenters. The van der Waals surface area contributed by atoms with Crippen molar-refractivity contribution in [2.45, 2.75) is 33.6 Å². The number of carbonyl (C=O) groups is 4. The molecule has 2 heterocycles. The molecule has 6 nitrogen and oxygen atoms in total. The Bertz CT molecular complexity index is 1420. The first-order valence-electron chi connectivity index (χ1n) is 12.2. The predicted octanol–water partition coefficient (Wildman–Crippen LogP) is 5.10. The Kier molecular flexibility index (Phi) is 6.15. The van der Waals surface area contributed by atoms with Gasteiger partial charge >= 0.3 is 0 Å². The van der Waals surface area contributed by atoms with Crippen molar-refractivity contribution >= 4 is 35.0 Å². The van der Waals surface area contributed by atoms with Gasteiger partial charge in [-0.3, -0.25) is 19.2 Å². The topological polar surface area (TPSA) is 74.8 Å². The Morgan fingerprint density at radius 1 is 0.553 bits per heavy atom. The molecule has 0 fully saturated rings. The summed E-state index contributed by atoms with van der Waals surface area (Å²) in [6.07, 6.45) is 5.01. The Morgan fingerprint density at radius 3 is 1.18 bits per heavy atom. The maximum Gasteiger partial charge on any atom is 0.258 e. The molecule has 0 bridgehead atoms. The summed E-state index contributed by atoms with van der Waals surface area (Å²) < 4.78 is 13.9. The first kappa shape index (κ1) is 25.0. The van der Waals surface area contributed by atoms with Gasteiger partial charge in [0.25, 0.3) is 23.6 Å². The molecular weight excluding hydrogens is 483 g/mol. The summed E-state index contributed by atoms with van der Waals surface area (Å²) in [7, 11) is 0. The van der Waals surface area contributed by atoms with Crippen LogP contribution in [0.5, 0.6) is 0 Å². The number of hydrogen-bond donors (Lipinski definition) is 0. The lowest BCUT2D eigenvalue weighted by atomic mass is 9.77. The average molecular weight is 509 g/mol. The first-order chi connectivity index (χ1) is 18.1. The third-order valence-electron chi connectivity index (χ3n) is 7.07. The molecule has 0 unspecified atom stereocenters. The number of rotatable bonds is 5. The number of amides is 4. The fraction of sp³-hybridized carbons (Fsp3) is 0.161. The van der Waals surface area contributed by atoms with Crippen molar-refractivity contribution in [3.63, 3.8) is 0 Å². The van der Waals surface area contributed by atoms with Crippen LogP contribution in [0.4, 0.5) is 15.8 Å². The number of halogens is 1. The molecule has 0 saturated heterocycles. The molecular formula is C31H25FN2O4. The summed E-state index contributed by atoms with van der Waals surface area (Å²) in [6, 6.07) is 13.6. The highest BCUT2D eigenvalue weighted by Gasteiger charge is 2.31. The monoisotopic (exact) mass is 508 g/mol. The van der Waals surface area contributed by atoms with E-state index in [-0.39, 0.29) is 35.4 Å². The highest BCUT2D eigenvalue weighted by molar-refractivity contribution is 6.28. The number of aryl methyl sites for hydroxylation is 4. The van der Waals surface area contributed by atoms with Gasteiger partial charge < -0.3 is 0 Å². The summed E-state index contributed by atoms with van der Waals surface area (Å²) in [5.41, 5.74) is 7.19. The molecule has 3 aromatic rings. The lowest BCUT2D eigenvalue weighted by Crippen LogP contribution is -2.30. The van der Waals surface area contributed by atoms with Crippen molar-refractivity contribution in [2.24, 2.45) is 0 Å². The zero-order chi connectivity index (χ0) is 27.3. The van der Waals surface area contributed by atoms with Gasteiger partial charge in [-0.1, -0.05) is 12.1 Å². The Balaban J connectivity index is 1.68. The standard InChI is InChI=1S/C31H25FN2O4/c1-17-13-23(33-25(35)9-10-26(33)36)14-18(2)29(17)31(21-5-7-22(32)8-6-21)30-19(3)15-24(16-20(30)4)34-27(37)11-12-28(34)38/h5-16,31H,1-4H3. The van der Waals surface area contributed by atoms with E-state index < -0.39 is 0 Å². The van der Waals surface area contributed by atoms with Crippen molar-refractivity contribution < 1.29 is 23.6 Å². The van der Waals surface area contributed by atoms with Gasteiger partial charge in [-0.15, -0.1) is 0 Å². The summed E-state index contributed by atoms with van der Waals surface area (Å²) in [5.74, 6) is -2.22. The molecule has 0 spiro atoms. The van der Waals surface area contributed by atoms with Crippen LogP contribution in [0.2, 0.25) is 0 Å². The maximum absolute atomic E-state index is 13.9. The minimum atomic E-state index is -0.389. The van der Waals surface area contributed by atoms with Crippen LogP contribution in [0.15, 0.2) is 72.8 Å². The number of carbonyl (C=O) groups excluding carboxylic acids is 4. The van der Waals surface area contributed by atoms with Gasteiger partial charge in [0.05, 0.1) is 11.4 Å². The molecule has 0 aliphatic carbocycles. The highest BCUT2D eigenvalue weighted by Crippen LogP contribution is 2.42. The van der Waals surface area contributed by atoms with Crippen LogP contribution in [0.3, 0.4) is 0 Å². The van der Waals surface area contributed by atoms with Gasteiger partial charge in [-0.2, -0.15) is 0 Å². The summed E-state index contributed by atoms with van der Waals surface area (Å²) in [5, 5.41) is 0. The van der Waals surface area contributed by atoms with Crippen molar-refractivity contribution in [1.82, 2.24) is 0 Å². The predicted molar refractivity (Wildman–Crippen MR) is 142 cm³/mol. The van der Waals surface area contributed by atoms with E-state index >= 15 is 0 Å². The third-order valence-corrected chi connectivity index (χ3v) is 7.07. The molecule has 7 heteroatoms. The SMILES string of the molecule is Cc1cc(N2C(=O)C=CC2=O)cc(C)c1C(c1ccc(F)cc1)c1c(C)cc(N2C(=O)C=CC2=O)cc1C. The highest BCUT2D eigenvalue weighted by atomic mass is 19.1. The quantitative estimate of drug-likeness (QED) is 0.355. The van der Waals surface area contributed by atoms with Gasteiger partial charge in [0, 0.05) is 30.2 Å². The van der Waals surface area contributed by atoms with Crippen LogP contribution in [0.1, 0.15) is 44.9 Å². The largest absolute Gasteiger partial charge is 0.269 e. The van der Waals surface area contributed by atoms with E-state index in [1.54, 1.807) is 12.1 Å². The molecule has 0 N–H and O–H groups in total. The maximum atomic E-state index is 13.9. The van der Waals surface area contributed by atoms with Crippen LogP contribution in [0, 0.1) is 33.5 Å². The number of nitrogens with zero attached hydrogens (tertiary/aromatic N) is 2. The van der Waals surface area contributed by atoms with Gasteiger partial charge in [-0.25, -0.2) is 14.2 Å². The van der Waals surface area contributed by atoms with Crippen molar-refractivity contribution in [3.8, 4) is 0 Å². The van der Waals surface area contributed by atoms with Gasteiger partial charge in [0.2, 0.25) is 0 Å². The number of imide groups is 2. The molecule has 3 aromatic carbocycles. The second kappa shape index (κ2) is 9.34. The molecule has 4 amide bonds. The minimum absolute atomic E-state index is 0.315. The number of anilines is 2. The molecule has 5 rings (SSSR count). The van der Waals surface area contributed by atoms with Crippen LogP contribution >= 0.6 is 0 Å². The average Bonchev–Trinajstić information content (AvgIpc) is 3.37. The van der Waals surface area contributed by atoms with Crippen LogP contribution in [-0.2, 0) is 19.2 Å². The van der Waals surface area contributed by atoms with E-state index in [4.69, 9.17) is 0 Å². The summed E-state index contributed by atoms with van der Waals surface area (Å²) >= 11 is 0. The van der Waals surface area contributed by atoms with Crippen molar-refractivity contribution in [3.05, 3.63) is 118 Å². The lowest BCUT2D eigenvalue weighted by molar-refractivity contribution is -0.121. The normalized spacial score (nSPS) is 15.1. The molecule has 0 saturated carbocycles. The van der Waals surface area contributed by atoms with Crippen molar-refractivity contribution in [2.75, 3.05) is 9.80 Å². The fourth-order valence-corrected chi connectivity index (χ4v) is 5.51. The Labute approximate surface area is 219 Å². The second-order valence-corrected chi connectivity index (χ2v) is 9.66. The molecule has 0 radical (unpaired) electrons. The molecule has 2 aliphatic rings. The van der Waals surface area contributed by atoms with Crippen LogP contribution in [-0.4, -0.2) is 23.6 Å². The number of hydrogen-bond acceptors (Lipinski definition) is 4. The zero-order valence-corrected chi connectivity index (χ0v) is 21.4. The second-order valence-electron chi connectivity index (χ2n) is 9.66. The zero-order valence-electron chi connectivity index (χ0n) is 21.4.